The summed E-state index contributed by atoms with van der Waals surface area (Å²) in [6, 6.07) is 1.51. The highest BCUT2D eigenvalue weighted by molar-refractivity contribution is 8.00. The molecule has 1 saturated heterocycles. The standard InChI is InChI=1S/C10H13N3O3S/c1-5-8(15)6(4-14)17-9(5)13-3-2-7(11)12-10(13)16/h2-3,6,8-9,14-15H,1,4H2,(H2,11,12,16)/t6-,8+,9-/m1/s1. The van der Waals surface area contributed by atoms with Crippen molar-refractivity contribution in [2.24, 2.45) is 0 Å². The Hall–Kier alpha value is -1.31. The fourth-order valence-corrected chi connectivity index (χ4v) is 3.05. The molecule has 0 bridgehead atoms. The largest absolute Gasteiger partial charge is 0.395 e. The number of hydrogen-bond acceptors (Lipinski definition) is 6. The third kappa shape index (κ3) is 2.08. The van der Waals surface area contributed by atoms with Gasteiger partial charge in [-0.15, -0.1) is 11.8 Å². The van der Waals surface area contributed by atoms with Crippen molar-refractivity contribution in [3.05, 3.63) is 34.9 Å². The molecule has 0 saturated carbocycles. The summed E-state index contributed by atoms with van der Waals surface area (Å²) in [7, 11) is 0. The minimum absolute atomic E-state index is 0.152. The van der Waals surface area contributed by atoms with Crippen LogP contribution in [0.3, 0.4) is 0 Å². The third-order valence-corrected chi connectivity index (χ3v) is 4.18. The topological polar surface area (TPSA) is 101 Å². The van der Waals surface area contributed by atoms with Crippen LogP contribution >= 0.6 is 11.8 Å². The Bertz CT molecular complexity index is 502. The molecule has 3 atom stereocenters. The molecule has 0 unspecified atom stereocenters. The number of nitrogens with zero attached hydrogens (tertiary/aromatic N) is 2. The Balaban J connectivity index is 2.35. The first-order valence-electron chi connectivity index (χ1n) is 5.02. The van der Waals surface area contributed by atoms with Gasteiger partial charge in [-0.1, -0.05) is 6.58 Å². The molecule has 4 N–H and O–H groups in total. The minimum atomic E-state index is -0.820. The average molecular weight is 255 g/mol. The van der Waals surface area contributed by atoms with E-state index in [2.05, 4.69) is 11.6 Å². The van der Waals surface area contributed by atoms with Crippen LogP contribution in [0.1, 0.15) is 5.37 Å². The summed E-state index contributed by atoms with van der Waals surface area (Å²) >= 11 is 1.28. The number of aliphatic hydroxyl groups excluding tert-OH is 2. The van der Waals surface area contributed by atoms with Gasteiger partial charge in [0.1, 0.15) is 11.2 Å². The zero-order chi connectivity index (χ0) is 12.6. The van der Waals surface area contributed by atoms with Gasteiger partial charge >= 0.3 is 5.69 Å². The van der Waals surface area contributed by atoms with Crippen LogP contribution in [0.5, 0.6) is 0 Å². The Morgan fingerprint density at radius 2 is 2.35 bits per heavy atom. The van der Waals surface area contributed by atoms with Gasteiger partial charge in [-0.2, -0.15) is 4.98 Å². The van der Waals surface area contributed by atoms with E-state index in [0.717, 1.165) is 0 Å². The predicted molar refractivity (Wildman–Crippen MR) is 65.6 cm³/mol. The van der Waals surface area contributed by atoms with E-state index >= 15 is 0 Å². The number of anilines is 1. The second kappa shape index (κ2) is 4.52. The Morgan fingerprint density at radius 1 is 1.65 bits per heavy atom. The Labute approximate surface area is 102 Å². The molecule has 2 rings (SSSR count). The zero-order valence-corrected chi connectivity index (χ0v) is 9.80. The van der Waals surface area contributed by atoms with E-state index in [-0.39, 0.29) is 17.7 Å². The highest BCUT2D eigenvalue weighted by Crippen LogP contribution is 2.43. The molecule has 17 heavy (non-hydrogen) atoms. The number of rotatable bonds is 2. The molecule has 1 fully saturated rings. The van der Waals surface area contributed by atoms with Crippen molar-refractivity contribution in [3.63, 3.8) is 0 Å². The van der Waals surface area contributed by atoms with Gasteiger partial charge in [-0.25, -0.2) is 4.79 Å². The molecule has 1 aliphatic heterocycles. The molecule has 0 spiro atoms. The molecule has 0 radical (unpaired) electrons. The van der Waals surface area contributed by atoms with Crippen LogP contribution in [0, 0.1) is 0 Å². The van der Waals surface area contributed by atoms with Crippen molar-refractivity contribution >= 4 is 17.6 Å². The van der Waals surface area contributed by atoms with Gasteiger partial charge in [0.15, 0.2) is 0 Å². The SMILES string of the molecule is C=C1[C@H](n2ccc(N)nc2=O)S[C@H](CO)[C@H]1O. The molecule has 0 aliphatic carbocycles. The van der Waals surface area contributed by atoms with E-state index in [1.54, 1.807) is 0 Å². The van der Waals surface area contributed by atoms with E-state index in [0.29, 0.717) is 5.57 Å². The van der Waals surface area contributed by atoms with Gasteiger partial charge in [0.05, 0.1) is 18.0 Å². The maximum atomic E-state index is 11.6. The first-order valence-corrected chi connectivity index (χ1v) is 5.96. The normalized spacial score (nSPS) is 28.6. The number of hydrogen-bond donors (Lipinski definition) is 3. The Kier molecular flexibility index (Phi) is 3.23. The summed E-state index contributed by atoms with van der Waals surface area (Å²) in [5.74, 6) is 0.152. The Morgan fingerprint density at radius 3 is 2.88 bits per heavy atom. The maximum absolute atomic E-state index is 11.6. The lowest BCUT2D eigenvalue weighted by molar-refractivity contribution is 0.172. The lowest BCUT2D eigenvalue weighted by atomic mass is 10.1. The van der Waals surface area contributed by atoms with Crippen molar-refractivity contribution in [2.45, 2.75) is 16.7 Å². The second-order valence-electron chi connectivity index (χ2n) is 3.77. The van der Waals surface area contributed by atoms with Crippen molar-refractivity contribution in [3.8, 4) is 0 Å². The van der Waals surface area contributed by atoms with Gasteiger partial charge in [0, 0.05) is 6.20 Å². The summed E-state index contributed by atoms with van der Waals surface area (Å²) in [6.07, 6.45) is 0.694. The van der Waals surface area contributed by atoms with Crippen molar-refractivity contribution in [1.82, 2.24) is 9.55 Å². The van der Waals surface area contributed by atoms with Gasteiger partial charge in [-0.05, 0) is 11.6 Å². The van der Waals surface area contributed by atoms with Gasteiger partial charge in [0.2, 0.25) is 0 Å². The third-order valence-electron chi connectivity index (χ3n) is 2.64. The van der Waals surface area contributed by atoms with Crippen molar-refractivity contribution < 1.29 is 10.2 Å². The van der Waals surface area contributed by atoms with Crippen molar-refractivity contribution in [2.75, 3.05) is 12.3 Å². The molecule has 1 aromatic heterocycles. The molecule has 1 aliphatic rings. The highest BCUT2D eigenvalue weighted by Gasteiger charge is 2.38. The maximum Gasteiger partial charge on any atom is 0.350 e. The average Bonchev–Trinajstić information content (AvgIpc) is 2.57. The number of thioether (sulfide) groups is 1. The van der Waals surface area contributed by atoms with E-state index in [9.17, 15) is 9.90 Å². The van der Waals surface area contributed by atoms with Crippen LogP contribution in [-0.4, -0.2) is 37.7 Å². The first kappa shape index (κ1) is 12.2. The van der Waals surface area contributed by atoms with E-state index in [1.807, 2.05) is 0 Å². The van der Waals surface area contributed by atoms with Crippen LogP contribution in [-0.2, 0) is 0 Å². The predicted octanol–water partition coefficient (Wildman–Crippen LogP) is -0.651. The number of aliphatic hydroxyl groups is 2. The number of aromatic nitrogens is 2. The fourth-order valence-electron chi connectivity index (χ4n) is 1.70. The first-order chi connectivity index (χ1) is 8.04. The van der Waals surface area contributed by atoms with E-state index < -0.39 is 17.2 Å². The van der Waals surface area contributed by atoms with Crippen LogP contribution in [0.4, 0.5) is 5.82 Å². The lowest BCUT2D eigenvalue weighted by Gasteiger charge is -2.13. The van der Waals surface area contributed by atoms with Crippen LogP contribution < -0.4 is 11.4 Å². The molecule has 6 nitrogen and oxygen atoms in total. The van der Waals surface area contributed by atoms with Crippen LogP contribution in [0.15, 0.2) is 29.2 Å². The number of nitrogens with two attached hydrogens (primary N) is 1. The fraction of sp³-hybridized carbons (Fsp3) is 0.400. The summed E-state index contributed by atoms with van der Waals surface area (Å²) in [6.45, 7) is 3.59. The molecule has 0 aromatic carbocycles. The summed E-state index contributed by atoms with van der Waals surface area (Å²) in [5, 5.41) is 18.1. The van der Waals surface area contributed by atoms with Gasteiger partial charge in [-0.3, -0.25) is 4.57 Å². The van der Waals surface area contributed by atoms with Gasteiger partial charge in [0.25, 0.3) is 0 Å². The zero-order valence-electron chi connectivity index (χ0n) is 8.98. The molecule has 7 heteroatoms. The van der Waals surface area contributed by atoms with E-state index in [4.69, 9.17) is 10.8 Å². The minimum Gasteiger partial charge on any atom is -0.395 e. The monoisotopic (exact) mass is 255 g/mol. The quantitative estimate of drug-likeness (QED) is 0.607. The van der Waals surface area contributed by atoms with E-state index in [1.165, 1.54) is 28.6 Å². The summed E-state index contributed by atoms with van der Waals surface area (Å²) in [4.78, 5) is 15.3. The van der Waals surface area contributed by atoms with Crippen LogP contribution in [0.2, 0.25) is 0 Å². The number of nitrogen functional groups attached to an aromatic ring is 1. The molecule has 2 heterocycles. The molecule has 92 valence electrons. The molecule has 1 aromatic rings. The highest BCUT2D eigenvalue weighted by atomic mass is 32.2. The lowest BCUT2D eigenvalue weighted by Crippen LogP contribution is -2.26. The molecular formula is C10H13N3O3S. The summed E-state index contributed by atoms with van der Waals surface area (Å²) < 4.78 is 1.35. The molecular weight excluding hydrogens is 242 g/mol. The smallest absolute Gasteiger partial charge is 0.350 e. The van der Waals surface area contributed by atoms with Crippen LogP contribution in [0.25, 0.3) is 0 Å². The van der Waals surface area contributed by atoms with Gasteiger partial charge < -0.3 is 15.9 Å². The second-order valence-corrected chi connectivity index (χ2v) is 5.10. The summed E-state index contributed by atoms with van der Waals surface area (Å²) in [5.41, 5.74) is 5.40. The molecule has 0 amide bonds. The van der Waals surface area contributed by atoms with Crippen molar-refractivity contribution in [1.29, 1.82) is 0 Å².